The molecule has 4 nitrogen and oxygen atoms in total. The summed E-state index contributed by atoms with van der Waals surface area (Å²) in [5.74, 6) is 1.59. The van der Waals surface area contributed by atoms with Crippen LogP contribution in [0.15, 0.2) is 0 Å². The van der Waals surface area contributed by atoms with Gasteiger partial charge in [0.15, 0.2) is 0 Å². The zero-order valence-electron chi connectivity index (χ0n) is 11.5. The van der Waals surface area contributed by atoms with Gasteiger partial charge in [-0.15, -0.1) is 23.2 Å². The van der Waals surface area contributed by atoms with Gasteiger partial charge in [-0.2, -0.15) is 0 Å². The van der Waals surface area contributed by atoms with Crippen molar-refractivity contribution >= 4 is 30.8 Å². The Balaban J connectivity index is 2.13. The smallest absolute Gasteiger partial charge is 0.270 e. The second-order valence-electron chi connectivity index (χ2n) is 5.50. The molecule has 0 spiro atoms. The van der Waals surface area contributed by atoms with Gasteiger partial charge < -0.3 is 0 Å². The fourth-order valence-electron chi connectivity index (χ4n) is 3.24. The Kier molecular flexibility index (Phi) is 6.01. The number of hydrogen-bond acceptors (Lipinski definition) is 1. The minimum absolute atomic E-state index is 0.393. The van der Waals surface area contributed by atoms with Gasteiger partial charge in [-0.25, -0.2) is 14.4 Å². The first-order valence-electron chi connectivity index (χ1n) is 7.08. The molecule has 0 aromatic heterocycles. The van der Waals surface area contributed by atoms with Crippen molar-refractivity contribution in [1.29, 1.82) is 0 Å². The van der Waals surface area contributed by atoms with Crippen LogP contribution in [0, 0.1) is 5.92 Å². The number of nitrogens with zero attached hydrogens (tertiary/aromatic N) is 2. The molecule has 2 fully saturated rings. The van der Waals surface area contributed by atoms with Crippen molar-refractivity contribution in [3.8, 4) is 0 Å². The highest BCUT2D eigenvalue weighted by molar-refractivity contribution is 7.57. The third kappa shape index (κ3) is 3.48. The molecule has 19 heavy (non-hydrogen) atoms. The molecule has 0 unspecified atom stereocenters. The number of rotatable bonds is 5. The Labute approximate surface area is 126 Å². The molecule has 0 bridgehead atoms. The van der Waals surface area contributed by atoms with Crippen LogP contribution in [-0.4, -0.2) is 53.8 Å². The van der Waals surface area contributed by atoms with Crippen LogP contribution in [0.4, 0.5) is 0 Å². The lowest BCUT2D eigenvalue weighted by atomic mass is 9.85. The molecule has 1 heterocycles. The Morgan fingerprint density at radius 3 is 2.53 bits per heavy atom. The molecule has 2 rings (SSSR count). The van der Waals surface area contributed by atoms with Gasteiger partial charge in [0.25, 0.3) is 7.59 Å². The molecule has 112 valence electrons. The van der Waals surface area contributed by atoms with Gasteiger partial charge in [0.05, 0.1) is 0 Å². The Morgan fingerprint density at radius 1 is 1.26 bits per heavy atom. The fourth-order valence-corrected chi connectivity index (χ4v) is 6.62. The maximum absolute atomic E-state index is 13.3. The standard InChI is InChI=1S/C12H24Cl2N3OP/c1-16-10-11-4-2-3-5-12(11)15-19(16,18)17(8-6-13)9-7-14/h11-12H,2-10H2,1H3,(H,15,18)/t11-,12-,19+/m1/s1. The highest BCUT2D eigenvalue weighted by Gasteiger charge is 2.44. The van der Waals surface area contributed by atoms with E-state index in [1.807, 2.05) is 16.4 Å². The Hall–Kier alpha value is 0.690. The van der Waals surface area contributed by atoms with Crippen LogP contribution in [0.2, 0.25) is 0 Å². The average molecular weight is 328 g/mol. The lowest BCUT2D eigenvalue weighted by Crippen LogP contribution is -2.53. The normalized spacial score (nSPS) is 36.4. The lowest BCUT2D eigenvalue weighted by Gasteiger charge is -2.48. The highest BCUT2D eigenvalue weighted by atomic mass is 35.5. The number of nitrogens with one attached hydrogen (secondary N) is 1. The molecule has 7 heteroatoms. The molecule has 1 saturated carbocycles. The van der Waals surface area contributed by atoms with E-state index in [1.54, 1.807) is 0 Å². The quantitative estimate of drug-likeness (QED) is 0.622. The summed E-state index contributed by atoms with van der Waals surface area (Å²) in [4.78, 5) is 0. The van der Waals surface area contributed by atoms with E-state index in [2.05, 4.69) is 5.09 Å². The molecule has 1 saturated heterocycles. The first-order chi connectivity index (χ1) is 9.11. The molecule has 3 atom stereocenters. The first-order valence-corrected chi connectivity index (χ1v) is 9.76. The topological polar surface area (TPSA) is 35.6 Å². The van der Waals surface area contributed by atoms with E-state index in [0.29, 0.717) is 36.8 Å². The van der Waals surface area contributed by atoms with Crippen molar-refractivity contribution in [2.24, 2.45) is 5.92 Å². The summed E-state index contributed by atoms with van der Waals surface area (Å²) in [6.07, 6.45) is 4.92. The van der Waals surface area contributed by atoms with Gasteiger partial charge >= 0.3 is 0 Å². The highest BCUT2D eigenvalue weighted by Crippen LogP contribution is 2.53. The van der Waals surface area contributed by atoms with Crippen LogP contribution in [0.1, 0.15) is 25.7 Å². The summed E-state index contributed by atoms with van der Waals surface area (Å²) in [5, 5.41) is 3.44. The van der Waals surface area contributed by atoms with E-state index in [1.165, 1.54) is 19.3 Å². The van der Waals surface area contributed by atoms with Crippen molar-refractivity contribution in [1.82, 2.24) is 14.4 Å². The van der Waals surface area contributed by atoms with Gasteiger partial charge in [-0.3, -0.25) is 4.57 Å². The van der Waals surface area contributed by atoms with Crippen molar-refractivity contribution in [2.45, 2.75) is 31.7 Å². The van der Waals surface area contributed by atoms with E-state index < -0.39 is 7.59 Å². The summed E-state index contributed by atoms with van der Waals surface area (Å²) in [6, 6.07) is 0.393. The second-order valence-corrected chi connectivity index (χ2v) is 8.85. The van der Waals surface area contributed by atoms with Crippen LogP contribution in [0.25, 0.3) is 0 Å². The molecule has 1 N–H and O–H groups in total. The minimum atomic E-state index is -2.69. The van der Waals surface area contributed by atoms with Crippen molar-refractivity contribution in [2.75, 3.05) is 38.4 Å². The largest absolute Gasteiger partial charge is 0.284 e. The average Bonchev–Trinajstić information content (AvgIpc) is 2.40. The van der Waals surface area contributed by atoms with Crippen LogP contribution in [-0.2, 0) is 4.57 Å². The maximum Gasteiger partial charge on any atom is 0.284 e. The van der Waals surface area contributed by atoms with Gasteiger partial charge in [-0.1, -0.05) is 12.8 Å². The van der Waals surface area contributed by atoms with E-state index in [4.69, 9.17) is 23.2 Å². The third-order valence-electron chi connectivity index (χ3n) is 4.27. The summed E-state index contributed by atoms with van der Waals surface area (Å²) >= 11 is 11.7. The minimum Gasteiger partial charge on any atom is -0.270 e. The molecule has 2 aliphatic rings. The van der Waals surface area contributed by atoms with Crippen LogP contribution in [0.3, 0.4) is 0 Å². The second kappa shape index (κ2) is 7.11. The number of halogens is 2. The van der Waals surface area contributed by atoms with Crippen LogP contribution in [0.5, 0.6) is 0 Å². The maximum atomic E-state index is 13.3. The van der Waals surface area contributed by atoms with Gasteiger partial charge in [0.1, 0.15) is 0 Å². The van der Waals surface area contributed by atoms with Crippen molar-refractivity contribution in [3.63, 3.8) is 0 Å². The molecular formula is C12H24Cl2N3OP. The summed E-state index contributed by atoms with van der Waals surface area (Å²) in [5.41, 5.74) is 0. The molecule has 0 aromatic carbocycles. The summed E-state index contributed by atoms with van der Waals surface area (Å²) < 4.78 is 17.3. The molecule has 0 aromatic rings. The van der Waals surface area contributed by atoms with E-state index in [-0.39, 0.29) is 0 Å². The molecular weight excluding hydrogens is 304 g/mol. The zero-order valence-corrected chi connectivity index (χ0v) is 13.9. The SMILES string of the molecule is CN1C[C@H]2CCCC[C@H]2N[P@@]1(=O)N(CCCl)CCCl. The third-order valence-corrected chi connectivity index (χ3v) is 7.53. The first kappa shape index (κ1) is 16.1. The summed E-state index contributed by atoms with van der Waals surface area (Å²) in [7, 11) is -0.737. The molecule has 1 aliphatic heterocycles. The summed E-state index contributed by atoms with van der Waals surface area (Å²) in [6.45, 7) is 2.14. The van der Waals surface area contributed by atoms with E-state index >= 15 is 0 Å². The van der Waals surface area contributed by atoms with E-state index in [9.17, 15) is 4.57 Å². The van der Waals surface area contributed by atoms with Crippen LogP contribution >= 0.6 is 30.8 Å². The molecule has 0 amide bonds. The van der Waals surface area contributed by atoms with Crippen LogP contribution < -0.4 is 5.09 Å². The predicted molar refractivity (Wildman–Crippen MR) is 82.1 cm³/mol. The monoisotopic (exact) mass is 327 g/mol. The number of fused-ring (bicyclic) bond motifs is 1. The zero-order chi connectivity index (χ0) is 13.9. The predicted octanol–water partition coefficient (Wildman–Crippen LogP) is 2.97. The Bertz CT molecular complexity index is 339. The van der Waals surface area contributed by atoms with Crippen molar-refractivity contribution in [3.05, 3.63) is 0 Å². The van der Waals surface area contributed by atoms with Crippen molar-refractivity contribution < 1.29 is 4.57 Å². The molecule has 1 aliphatic carbocycles. The lowest BCUT2D eigenvalue weighted by molar-refractivity contribution is 0.201. The van der Waals surface area contributed by atoms with E-state index in [0.717, 1.165) is 13.0 Å². The number of alkyl halides is 2. The number of hydrogen-bond donors (Lipinski definition) is 1. The Morgan fingerprint density at radius 2 is 1.89 bits per heavy atom. The van der Waals surface area contributed by atoms with Gasteiger partial charge in [-0.05, 0) is 25.8 Å². The van der Waals surface area contributed by atoms with Gasteiger partial charge in [0, 0.05) is 37.4 Å². The van der Waals surface area contributed by atoms with Gasteiger partial charge in [0.2, 0.25) is 0 Å². The fraction of sp³-hybridized carbons (Fsp3) is 1.00. The molecule has 0 radical (unpaired) electrons.